The van der Waals surface area contributed by atoms with E-state index in [2.05, 4.69) is 33.2 Å². The second kappa shape index (κ2) is 7.63. The Morgan fingerprint density at radius 3 is 2.61 bits per heavy atom. The summed E-state index contributed by atoms with van der Waals surface area (Å²) in [6, 6.07) is 7.02. The van der Waals surface area contributed by atoms with Crippen molar-refractivity contribution < 1.29 is 13.2 Å². The zero-order valence-corrected chi connectivity index (χ0v) is 15.7. The number of benzene rings is 1. The lowest BCUT2D eigenvalue weighted by Crippen LogP contribution is -2.47. The summed E-state index contributed by atoms with van der Waals surface area (Å²) >= 11 is 3.32. The first kappa shape index (κ1) is 18.2. The number of nitrogens with zero attached hydrogens (tertiary/aromatic N) is 2. The van der Waals surface area contributed by atoms with Crippen LogP contribution in [0.25, 0.3) is 0 Å². The minimum absolute atomic E-state index is 0.114. The van der Waals surface area contributed by atoms with Crippen molar-refractivity contribution in [3.63, 3.8) is 0 Å². The van der Waals surface area contributed by atoms with Gasteiger partial charge >= 0.3 is 0 Å². The molecule has 128 valence electrons. The Balaban J connectivity index is 2.05. The van der Waals surface area contributed by atoms with Crippen LogP contribution in [0.2, 0.25) is 0 Å². The van der Waals surface area contributed by atoms with Crippen molar-refractivity contribution in [2.24, 2.45) is 0 Å². The van der Waals surface area contributed by atoms with E-state index in [0.717, 1.165) is 41.0 Å². The SMILES string of the molecule is CN1CCC(NC(=O)CN(c2cccc(Br)c2)S(C)(=O)=O)CC1. The number of anilines is 1. The highest BCUT2D eigenvalue weighted by Gasteiger charge is 2.24. The van der Waals surface area contributed by atoms with Gasteiger partial charge in [0, 0.05) is 10.5 Å². The number of likely N-dealkylation sites (tertiary alicyclic amines) is 1. The van der Waals surface area contributed by atoms with Crippen LogP contribution in [0.5, 0.6) is 0 Å². The molecule has 1 aromatic rings. The number of hydrogen-bond donors (Lipinski definition) is 1. The largest absolute Gasteiger partial charge is 0.352 e. The number of halogens is 1. The van der Waals surface area contributed by atoms with E-state index in [1.54, 1.807) is 18.2 Å². The highest BCUT2D eigenvalue weighted by Crippen LogP contribution is 2.22. The summed E-state index contributed by atoms with van der Waals surface area (Å²) in [7, 11) is -1.48. The van der Waals surface area contributed by atoms with Crippen LogP contribution in [0.1, 0.15) is 12.8 Å². The van der Waals surface area contributed by atoms with Gasteiger partial charge < -0.3 is 10.2 Å². The van der Waals surface area contributed by atoms with Gasteiger partial charge in [0.15, 0.2) is 0 Å². The fourth-order valence-electron chi connectivity index (χ4n) is 2.59. The molecular formula is C15H22BrN3O3S. The summed E-state index contributed by atoms with van der Waals surface area (Å²) in [5.74, 6) is -0.273. The monoisotopic (exact) mass is 403 g/mol. The number of amides is 1. The second-order valence-corrected chi connectivity index (χ2v) is 8.72. The Labute approximate surface area is 146 Å². The van der Waals surface area contributed by atoms with E-state index >= 15 is 0 Å². The van der Waals surface area contributed by atoms with Crippen molar-refractivity contribution in [3.05, 3.63) is 28.7 Å². The van der Waals surface area contributed by atoms with Crippen LogP contribution in [0.3, 0.4) is 0 Å². The van der Waals surface area contributed by atoms with Crippen molar-refractivity contribution in [1.82, 2.24) is 10.2 Å². The first-order valence-electron chi connectivity index (χ1n) is 7.47. The third-order valence-corrected chi connectivity index (χ3v) is 5.50. The van der Waals surface area contributed by atoms with Crippen molar-refractivity contribution in [1.29, 1.82) is 0 Å². The van der Waals surface area contributed by atoms with Gasteiger partial charge in [0.25, 0.3) is 0 Å². The van der Waals surface area contributed by atoms with Gasteiger partial charge in [-0.1, -0.05) is 22.0 Å². The molecule has 1 heterocycles. The van der Waals surface area contributed by atoms with E-state index in [-0.39, 0.29) is 18.5 Å². The Morgan fingerprint density at radius 1 is 1.39 bits per heavy atom. The van der Waals surface area contributed by atoms with E-state index in [0.29, 0.717) is 5.69 Å². The first-order chi connectivity index (χ1) is 10.8. The van der Waals surface area contributed by atoms with Gasteiger partial charge in [-0.3, -0.25) is 9.10 Å². The topological polar surface area (TPSA) is 69.7 Å². The average Bonchev–Trinajstić information content (AvgIpc) is 2.46. The number of carbonyl (C=O) groups excluding carboxylic acids is 1. The quantitative estimate of drug-likeness (QED) is 0.806. The van der Waals surface area contributed by atoms with Gasteiger partial charge in [0.2, 0.25) is 15.9 Å². The highest BCUT2D eigenvalue weighted by molar-refractivity contribution is 9.10. The third-order valence-electron chi connectivity index (χ3n) is 3.87. The molecule has 1 aliphatic heterocycles. The molecule has 0 bridgehead atoms. The average molecular weight is 404 g/mol. The molecule has 6 nitrogen and oxygen atoms in total. The normalized spacial score (nSPS) is 17.0. The molecule has 0 saturated carbocycles. The van der Waals surface area contributed by atoms with Crippen LogP contribution in [0.4, 0.5) is 5.69 Å². The molecule has 0 unspecified atom stereocenters. The molecule has 1 aromatic carbocycles. The molecule has 2 rings (SSSR count). The number of rotatable bonds is 5. The molecule has 0 spiro atoms. The molecule has 1 amide bonds. The molecule has 0 radical (unpaired) electrons. The maximum absolute atomic E-state index is 12.3. The van der Waals surface area contributed by atoms with Crippen molar-refractivity contribution >= 4 is 37.5 Å². The Morgan fingerprint density at radius 2 is 2.04 bits per heavy atom. The van der Waals surface area contributed by atoms with Crippen molar-refractivity contribution in [3.8, 4) is 0 Å². The summed E-state index contributed by atoms with van der Waals surface area (Å²) in [6.45, 7) is 1.67. The maximum Gasteiger partial charge on any atom is 0.240 e. The number of hydrogen-bond acceptors (Lipinski definition) is 4. The molecule has 0 aromatic heterocycles. The maximum atomic E-state index is 12.3. The molecule has 1 aliphatic rings. The zero-order valence-electron chi connectivity index (χ0n) is 13.3. The van der Waals surface area contributed by atoms with Crippen LogP contribution in [-0.4, -0.2) is 58.2 Å². The van der Waals surface area contributed by atoms with E-state index in [4.69, 9.17) is 0 Å². The molecule has 1 N–H and O–H groups in total. The van der Waals surface area contributed by atoms with E-state index in [9.17, 15) is 13.2 Å². The van der Waals surface area contributed by atoms with Crippen LogP contribution < -0.4 is 9.62 Å². The number of nitrogens with one attached hydrogen (secondary N) is 1. The predicted octanol–water partition coefficient (Wildman–Crippen LogP) is 1.43. The molecule has 0 aliphatic carbocycles. The van der Waals surface area contributed by atoms with Gasteiger partial charge in [-0.25, -0.2) is 8.42 Å². The molecule has 23 heavy (non-hydrogen) atoms. The predicted molar refractivity (Wildman–Crippen MR) is 95.0 cm³/mol. The van der Waals surface area contributed by atoms with E-state index < -0.39 is 10.0 Å². The van der Waals surface area contributed by atoms with Gasteiger partial charge in [-0.2, -0.15) is 0 Å². The van der Waals surface area contributed by atoms with Gasteiger partial charge in [0.05, 0.1) is 11.9 Å². The molecule has 0 atom stereocenters. The van der Waals surface area contributed by atoms with Crippen molar-refractivity contribution in [2.45, 2.75) is 18.9 Å². The van der Waals surface area contributed by atoms with Crippen LogP contribution in [-0.2, 0) is 14.8 Å². The minimum atomic E-state index is -3.54. The summed E-state index contributed by atoms with van der Waals surface area (Å²) in [4.78, 5) is 14.5. The molecular weight excluding hydrogens is 382 g/mol. The van der Waals surface area contributed by atoms with Gasteiger partial charge in [-0.05, 0) is 51.2 Å². The Bertz CT molecular complexity index is 658. The minimum Gasteiger partial charge on any atom is -0.352 e. The highest BCUT2D eigenvalue weighted by atomic mass is 79.9. The van der Waals surface area contributed by atoms with Gasteiger partial charge in [0.1, 0.15) is 6.54 Å². The fraction of sp³-hybridized carbons (Fsp3) is 0.533. The van der Waals surface area contributed by atoms with Gasteiger partial charge in [-0.15, -0.1) is 0 Å². The zero-order chi connectivity index (χ0) is 17.0. The summed E-state index contributed by atoms with van der Waals surface area (Å²) < 4.78 is 26.0. The van der Waals surface area contributed by atoms with Crippen LogP contribution in [0, 0.1) is 0 Å². The standard InChI is InChI=1S/C15H22BrN3O3S/c1-18-8-6-13(7-9-18)17-15(20)11-19(23(2,21)22)14-5-3-4-12(16)10-14/h3-5,10,13H,6-9,11H2,1-2H3,(H,17,20). The third kappa shape index (κ3) is 5.47. The summed E-state index contributed by atoms with van der Waals surface area (Å²) in [6.07, 6.45) is 2.88. The second-order valence-electron chi connectivity index (χ2n) is 5.89. The summed E-state index contributed by atoms with van der Waals surface area (Å²) in [5.41, 5.74) is 0.473. The molecule has 8 heteroatoms. The van der Waals surface area contributed by atoms with E-state index in [1.165, 1.54) is 0 Å². The lowest BCUT2D eigenvalue weighted by atomic mass is 10.1. The van der Waals surface area contributed by atoms with Crippen LogP contribution in [0.15, 0.2) is 28.7 Å². The summed E-state index contributed by atoms with van der Waals surface area (Å²) in [5, 5.41) is 2.94. The van der Waals surface area contributed by atoms with E-state index in [1.807, 2.05) is 6.07 Å². The fourth-order valence-corrected chi connectivity index (χ4v) is 3.82. The van der Waals surface area contributed by atoms with Crippen LogP contribution >= 0.6 is 15.9 Å². The smallest absolute Gasteiger partial charge is 0.240 e. The Kier molecular flexibility index (Phi) is 6.05. The lowest BCUT2D eigenvalue weighted by molar-refractivity contribution is -0.120. The lowest BCUT2D eigenvalue weighted by Gasteiger charge is -2.30. The number of sulfonamides is 1. The number of carbonyl (C=O) groups is 1. The van der Waals surface area contributed by atoms with Crippen molar-refractivity contribution in [2.75, 3.05) is 37.2 Å². The number of piperidine rings is 1. The first-order valence-corrected chi connectivity index (χ1v) is 10.1. The molecule has 1 saturated heterocycles. The Hall–Kier alpha value is -1.12. The molecule has 1 fully saturated rings.